The van der Waals surface area contributed by atoms with Gasteiger partial charge in [0.2, 0.25) is 15.9 Å². The van der Waals surface area contributed by atoms with Crippen LogP contribution in [0.1, 0.15) is 20.3 Å². The number of ether oxygens (including phenoxy) is 1. The van der Waals surface area contributed by atoms with Crippen molar-refractivity contribution in [3.8, 4) is 5.75 Å². The second-order valence-electron chi connectivity index (χ2n) is 5.92. The molecule has 0 aromatic heterocycles. The number of carbonyl (C=O) groups excluding carboxylic acids is 1. The molecule has 1 amide bonds. The van der Waals surface area contributed by atoms with Gasteiger partial charge < -0.3 is 10.1 Å². The molecule has 0 radical (unpaired) electrons. The molecule has 0 bridgehead atoms. The molecule has 1 aromatic rings. The topological polar surface area (TPSA) is 119 Å². The van der Waals surface area contributed by atoms with Crippen molar-refractivity contribution in [2.75, 3.05) is 30.8 Å². The lowest BCUT2D eigenvalue weighted by atomic mass is 10.1. The van der Waals surface area contributed by atoms with Crippen LogP contribution in [-0.4, -0.2) is 45.7 Å². The summed E-state index contributed by atoms with van der Waals surface area (Å²) in [6, 6.07) is 3.56. The van der Waals surface area contributed by atoms with Crippen LogP contribution in [0.2, 0.25) is 0 Å². The second kappa shape index (κ2) is 8.65. The summed E-state index contributed by atoms with van der Waals surface area (Å²) in [5, 5.41) is 13.6. The second-order valence-corrected chi connectivity index (χ2v) is 7.82. The fourth-order valence-electron chi connectivity index (χ4n) is 2.05. The van der Waals surface area contributed by atoms with Crippen molar-refractivity contribution in [3.63, 3.8) is 0 Å². The number of nitro groups is 1. The number of nitrogens with one attached hydrogen (secondary N) is 1. The maximum Gasteiger partial charge on any atom is 0.271 e. The fraction of sp³-hybridized carbons (Fsp3) is 0.533. The van der Waals surface area contributed by atoms with Crippen LogP contribution in [0.25, 0.3) is 0 Å². The summed E-state index contributed by atoms with van der Waals surface area (Å²) in [4.78, 5) is 22.4. The normalized spacial score (nSPS) is 11.2. The number of nitro benzene ring substituents is 1. The van der Waals surface area contributed by atoms with Gasteiger partial charge in [0.25, 0.3) is 5.69 Å². The molecule has 140 valence electrons. The molecule has 0 fully saturated rings. The molecular weight excluding hydrogens is 350 g/mol. The predicted octanol–water partition coefficient (Wildman–Crippen LogP) is 1.53. The van der Waals surface area contributed by atoms with Crippen molar-refractivity contribution >= 4 is 27.3 Å². The minimum Gasteiger partial charge on any atom is -0.495 e. The van der Waals surface area contributed by atoms with Crippen molar-refractivity contribution in [2.45, 2.75) is 20.3 Å². The van der Waals surface area contributed by atoms with E-state index < -0.39 is 27.4 Å². The number of anilines is 1. The van der Waals surface area contributed by atoms with E-state index in [0.29, 0.717) is 12.5 Å². The van der Waals surface area contributed by atoms with Crippen molar-refractivity contribution in [2.24, 2.45) is 5.92 Å². The van der Waals surface area contributed by atoms with Gasteiger partial charge in [0.05, 0.1) is 18.3 Å². The predicted molar refractivity (Wildman–Crippen MR) is 94.3 cm³/mol. The van der Waals surface area contributed by atoms with Gasteiger partial charge in [-0.25, -0.2) is 8.42 Å². The highest BCUT2D eigenvalue weighted by Crippen LogP contribution is 2.33. The molecule has 0 aliphatic heterocycles. The number of hydrogen-bond acceptors (Lipinski definition) is 6. The number of methoxy groups -OCH3 is 1. The van der Waals surface area contributed by atoms with Crippen molar-refractivity contribution < 1.29 is 22.9 Å². The van der Waals surface area contributed by atoms with Crippen molar-refractivity contribution in [1.29, 1.82) is 0 Å². The molecule has 25 heavy (non-hydrogen) atoms. The maximum atomic E-state index is 12.1. The van der Waals surface area contributed by atoms with E-state index in [2.05, 4.69) is 5.32 Å². The highest BCUT2D eigenvalue weighted by molar-refractivity contribution is 7.92. The SMILES string of the molecule is COc1ccc([N+](=O)[O-])cc1N(CC(=O)NCCC(C)C)S(C)(=O)=O. The van der Waals surface area contributed by atoms with E-state index in [1.54, 1.807) is 0 Å². The molecule has 0 saturated carbocycles. The van der Waals surface area contributed by atoms with Crippen LogP contribution in [0.5, 0.6) is 5.75 Å². The van der Waals surface area contributed by atoms with E-state index in [-0.39, 0.29) is 17.1 Å². The summed E-state index contributed by atoms with van der Waals surface area (Å²) in [6.45, 7) is 3.93. The first kappa shape index (κ1) is 20.7. The average Bonchev–Trinajstić information content (AvgIpc) is 2.50. The molecule has 9 nitrogen and oxygen atoms in total. The van der Waals surface area contributed by atoms with Gasteiger partial charge in [-0.3, -0.25) is 19.2 Å². The van der Waals surface area contributed by atoms with Gasteiger partial charge in [-0.2, -0.15) is 0 Å². The van der Waals surface area contributed by atoms with E-state index >= 15 is 0 Å². The molecule has 10 heteroatoms. The fourth-order valence-corrected chi connectivity index (χ4v) is 2.91. The van der Waals surface area contributed by atoms with Crippen LogP contribution in [0.4, 0.5) is 11.4 Å². The third-order valence-corrected chi connectivity index (χ3v) is 4.50. The first-order valence-corrected chi connectivity index (χ1v) is 9.48. The Morgan fingerprint density at radius 1 is 1.40 bits per heavy atom. The number of hydrogen-bond donors (Lipinski definition) is 1. The lowest BCUT2D eigenvalue weighted by Gasteiger charge is -2.23. The molecular formula is C15H23N3O6S. The number of sulfonamides is 1. The van der Waals surface area contributed by atoms with Gasteiger partial charge in [0, 0.05) is 18.7 Å². The lowest BCUT2D eigenvalue weighted by molar-refractivity contribution is -0.384. The highest BCUT2D eigenvalue weighted by Gasteiger charge is 2.26. The van der Waals surface area contributed by atoms with E-state index in [1.165, 1.54) is 19.2 Å². The van der Waals surface area contributed by atoms with Gasteiger partial charge in [0.1, 0.15) is 18.0 Å². The Labute approximate surface area is 147 Å². The zero-order valence-electron chi connectivity index (χ0n) is 14.7. The Hall–Kier alpha value is -2.36. The number of nitrogens with zero attached hydrogens (tertiary/aromatic N) is 2. The van der Waals surface area contributed by atoms with Crippen LogP contribution in [0, 0.1) is 16.0 Å². The number of carbonyl (C=O) groups is 1. The summed E-state index contributed by atoms with van der Waals surface area (Å²) >= 11 is 0. The molecule has 0 saturated heterocycles. The summed E-state index contributed by atoms with van der Waals surface area (Å²) in [5.41, 5.74) is -0.358. The monoisotopic (exact) mass is 373 g/mol. The smallest absolute Gasteiger partial charge is 0.271 e. The Kier molecular flexibility index (Phi) is 7.16. The van der Waals surface area contributed by atoms with Crippen LogP contribution in [0.15, 0.2) is 18.2 Å². The van der Waals surface area contributed by atoms with E-state index in [4.69, 9.17) is 4.74 Å². The van der Waals surface area contributed by atoms with Gasteiger partial charge in [-0.1, -0.05) is 13.8 Å². The third-order valence-electron chi connectivity index (χ3n) is 3.37. The van der Waals surface area contributed by atoms with Crippen LogP contribution in [-0.2, 0) is 14.8 Å². The quantitative estimate of drug-likeness (QED) is 0.518. The van der Waals surface area contributed by atoms with Gasteiger partial charge in [-0.15, -0.1) is 0 Å². The van der Waals surface area contributed by atoms with Crippen molar-refractivity contribution in [3.05, 3.63) is 28.3 Å². The van der Waals surface area contributed by atoms with Crippen LogP contribution in [0.3, 0.4) is 0 Å². The largest absolute Gasteiger partial charge is 0.495 e. The van der Waals surface area contributed by atoms with E-state index in [1.807, 2.05) is 13.8 Å². The summed E-state index contributed by atoms with van der Waals surface area (Å²) in [7, 11) is -2.55. The molecule has 1 N–H and O–H groups in total. The zero-order valence-corrected chi connectivity index (χ0v) is 15.5. The zero-order chi connectivity index (χ0) is 19.2. The van der Waals surface area contributed by atoms with E-state index in [0.717, 1.165) is 23.0 Å². The summed E-state index contributed by atoms with van der Waals surface area (Å²) in [6.07, 6.45) is 1.68. The van der Waals surface area contributed by atoms with E-state index in [9.17, 15) is 23.3 Å². The number of amides is 1. The molecule has 0 heterocycles. The highest BCUT2D eigenvalue weighted by atomic mass is 32.2. The maximum absolute atomic E-state index is 12.1. The molecule has 1 rings (SSSR count). The first-order chi connectivity index (χ1) is 11.6. The molecule has 0 aliphatic rings. The van der Waals surface area contributed by atoms with Gasteiger partial charge >= 0.3 is 0 Å². The Balaban J connectivity index is 3.13. The molecule has 0 spiro atoms. The van der Waals surface area contributed by atoms with Crippen molar-refractivity contribution in [1.82, 2.24) is 5.32 Å². The van der Waals surface area contributed by atoms with Crippen LogP contribution >= 0.6 is 0 Å². The Morgan fingerprint density at radius 2 is 2.04 bits per heavy atom. The summed E-state index contributed by atoms with van der Waals surface area (Å²) < 4.78 is 30.1. The molecule has 0 aliphatic carbocycles. The van der Waals surface area contributed by atoms with Gasteiger partial charge in [0.15, 0.2) is 0 Å². The minimum absolute atomic E-state index is 0.0572. The third kappa shape index (κ3) is 6.22. The molecule has 0 unspecified atom stereocenters. The van der Waals surface area contributed by atoms with Gasteiger partial charge in [-0.05, 0) is 18.4 Å². The average molecular weight is 373 g/mol. The standard InChI is InChI=1S/C15H23N3O6S/c1-11(2)7-8-16-15(19)10-17(25(4,22)23)13-9-12(18(20)21)5-6-14(13)24-3/h5-6,9,11H,7-8,10H2,1-4H3,(H,16,19). The number of rotatable bonds is 9. The number of benzene rings is 1. The molecule has 0 atom stereocenters. The number of non-ortho nitro benzene ring substituents is 1. The molecule has 1 aromatic carbocycles. The minimum atomic E-state index is -3.86. The lowest BCUT2D eigenvalue weighted by Crippen LogP contribution is -2.41. The summed E-state index contributed by atoms with van der Waals surface area (Å²) in [5.74, 6) is 0.00816. The first-order valence-electron chi connectivity index (χ1n) is 7.63. The van der Waals surface area contributed by atoms with Crippen LogP contribution < -0.4 is 14.4 Å². The Morgan fingerprint density at radius 3 is 2.52 bits per heavy atom. The Bertz CT molecular complexity index is 733.